The number of nitrogens with one attached hydrogen (secondary N) is 2. The Morgan fingerprint density at radius 1 is 1.09 bits per heavy atom. The molecule has 1 atom stereocenters. The van der Waals surface area contributed by atoms with E-state index in [0.717, 1.165) is 49.1 Å². The molecule has 2 aromatic rings. The van der Waals surface area contributed by atoms with E-state index in [1.807, 2.05) is 12.1 Å². The van der Waals surface area contributed by atoms with E-state index in [4.69, 9.17) is 14.2 Å². The second kappa shape index (κ2) is 12.2. The second-order valence-electron chi connectivity index (χ2n) is 8.03. The molecule has 1 heterocycles. The summed E-state index contributed by atoms with van der Waals surface area (Å²) in [5, 5.41) is 6.90. The largest absolute Gasteiger partial charge is 0.495 e. The van der Waals surface area contributed by atoms with E-state index in [2.05, 4.69) is 57.8 Å². The first kappa shape index (κ1) is 23.7. The fourth-order valence-corrected chi connectivity index (χ4v) is 3.93. The maximum Gasteiger partial charge on any atom is 0.191 e. The Kier molecular flexibility index (Phi) is 9.04. The minimum Gasteiger partial charge on any atom is -0.495 e. The van der Waals surface area contributed by atoms with Crippen molar-refractivity contribution in [2.45, 2.75) is 19.9 Å². The van der Waals surface area contributed by atoms with Crippen molar-refractivity contribution in [3.8, 4) is 11.5 Å². The molecule has 1 aliphatic heterocycles. The molecular formula is C25H36N4O3. The van der Waals surface area contributed by atoms with Crippen molar-refractivity contribution in [3.63, 3.8) is 0 Å². The van der Waals surface area contributed by atoms with Crippen LogP contribution >= 0.6 is 0 Å². The Balaban J connectivity index is 1.50. The molecule has 3 rings (SSSR count). The van der Waals surface area contributed by atoms with Crippen molar-refractivity contribution in [2.75, 3.05) is 59.0 Å². The number of guanidine groups is 1. The number of anilines is 1. The molecule has 174 valence electrons. The van der Waals surface area contributed by atoms with Gasteiger partial charge in [0.1, 0.15) is 18.1 Å². The summed E-state index contributed by atoms with van der Waals surface area (Å²) >= 11 is 0. The monoisotopic (exact) mass is 440 g/mol. The van der Waals surface area contributed by atoms with Gasteiger partial charge in [-0.3, -0.25) is 4.99 Å². The Morgan fingerprint density at radius 2 is 1.94 bits per heavy atom. The van der Waals surface area contributed by atoms with E-state index in [1.54, 1.807) is 21.3 Å². The van der Waals surface area contributed by atoms with Crippen LogP contribution in [0.4, 0.5) is 5.69 Å². The molecule has 7 nitrogen and oxygen atoms in total. The van der Waals surface area contributed by atoms with Gasteiger partial charge in [0.25, 0.3) is 0 Å². The second-order valence-corrected chi connectivity index (χ2v) is 8.03. The van der Waals surface area contributed by atoms with Crippen molar-refractivity contribution in [1.29, 1.82) is 0 Å². The van der Waals surface area contributed by atoms with Gasteiger partial charge in [0.15, 0.2) is 5.96 Å². The van der Waals surface area contributed by atoms with Crippen LogP contribution in [0, 0.1) is 12.8 Å². The molecule has 1 saturated heterocycles. The Labute approximate surface area is 191 Å². The van der Waals surface area contributed by atoms with Crippen LogP contribution in [-0.4, -0.2) is 60.1 Å². The van der Waals surface area contributed by atoms with Crippen LogP contribution in [0.2, 0.25) is 0 Å². The zero-order valence-electron chi connectivity index (χ0n) is 19.7. The highest BCUT2D eigenvalue weighted by Gasteiger charge is 2.24. The highest BCUT2D eigenvalue weighted by atomic mass is 16.5. The zero-order chi connectivity index (χ0) is 22.8. The molecule has 0 saturated carbocycles. The SMILES string of the molecule is CN=C(NCc1ccc(C)cc1OCCOC)NCC1CCN(c2ccccc2OC)C1. The minimum atomic E-state index is 0.532. The Bertz CT molecular complexity index is 887. The summed E-state index contributed by atoms with van der Waals surface area (Å²) in [7, 11) is 5.21. The summed E-state index contributed by atoms with van der Waals surface area (Å²) in [5.74, 6) is 3.16. The van der Waals surface area contributed by atoms with E-state index in [1.165, 1.54) is 11.3 Å². The number of benzene rings is 2. The van der Waals surface area contributed by atoms with Crippen molar-refractivity contribution >= 4 is 11.6 Å². The average Bonchev–Trinajstić information content (AvgIpc) is 3.29. The maximum atomic E-state index is 5.90. The van der Waals surface area contributed by atoms with Gasteiger partial charge in [0, 0.05) is 45.9 Å². The fourth-order valence-electron chi connectivity index (χ4n) is 3.93. The predicted octanol–water partition coefficient (Wildman–Crippen LogP) is 3.22. The van der Waals surface area contributed by atoms with Gasteiger partial charge >= 0.3 is 0 Å². The van der Waals surface area contributed by atoms with Gasteiger partial charge in [-0.2, -0.15) is 0 Å². The Morgan fingerprint density at radius 3 is 2.72 bits per heavy atom. The number of hydrogen-bond donors (Lipinski definition) is 2. The van der Waals surface area contributed by atoms with Gasteiger partial charge in [0.05, 0.1) is 19.4 Å². The van der Waals surface area contributed by atoms with Crippen molar-refractivity contribution in [1.82, 2.24) is 10.6 Å². The Hall–Kier alpha value is -2.93. The summed E-state index contributed by atoms with van der Waals surface area (Å²) in [5.41, 5.74) is 3.43. The van der Waals surface area contributed by atoms with Crippen LogP contribution in [0.15, 0.2) is 47.5 Å². The zero-order valence-corrected chi connectivity index (χ0v) is 19.7. The topological polar surface area (TPSA) is 67.4 Å². The van der Waals surface area contributed by atoms with Crippen LogP contribution in [0.1, 0.15) is 17.5 Å². The molecule has 1 aliphatic rings. The van der Waals surface area contributed by atoms with E-state index in [0.29, 0.717) is 25.7 Å². The molecule has 1 fully saturated rings. The molecule has 0 aromatic heterocycles. The number of nitrogens with zero attached hydrogens (tertiary/aromatic N) is 2. The van der Waals surface area contributed by atoms with Gasteiger partial charge in [-0.15, -0.1) is 0 Å². The third kappa shape index (κ3) is 6.53. The molecule has 0 radical (unpaired) electrons. The van der Waals surface area contributed by atoms with Crippen LogP contribution in [0.3, 0.4) is 0 Å². The summed E-state index contributed by atoms with van der Waals surface area (Å²) in [6, 6.07) is 14.5. The molecule has 32 heavy (non-hydrogen) atoms. The van der Waals surface area contributed by atoms with E-state index in [-0.39, 0.29) is 0 Å². The van der Waals surface area contributed by atoms with Gasteiger partial charge in [-0.1, -0.05) is 24.3 Å². The maximum absolute atomic E-state index is 5.90. The first-order chi connectivity index (χ1) is 15.6. The van der Waals surface area contributed by atoms with E-state index < -0.39 is 0 Å². The summed E-state index contributed by atoms with van der Waals surface area (Å²) in [6.45, 7) is 6.71. The standard InChI is InChI=1S/C25H36N4O3/c1-19-9-10-21(24(15-19)32-14-13-30-3)17-28-25(26-2)27-16-20-11-12-29(18-20)22-7-5-6-8-23(22)31-4/h5-10,15,20H,11-14,16-18H2,1-4H3,(H2,26,27,28). The van der Waals surface area contributed by atoms with Gasteiger partial charge in [0.2, 0.25) is 0 Å². The molecule has 0 spiro atoms. The number of methoxy groups -OCH3 is 2. The number of para-hydroxylation sites is 2. The van der Waals surface area contributed by atoms with Crippen LogP contribution in [-0.2, 0) is 11.3 Å². The average molecular weight is 441 g/mol. The molecule has 0 aliphatic carbocycles. The van der Waals surface area contributed by atoms with Crippen molar-refractivity contribution in [2.24, 2.45) is 10.9 Å². The molecule has 2 aromatic carbocycles. The number of aryl methyl sites for hydroxylation is 1. The summed E-state index contributed by atoms with van der Waals surface area (Å²) < 4.78 is 16.5. The lowest BCUT2D eigenvalue weighted by Crippen LogP contribution is -2.40. The van der Waals surface area contributed by atoms with Crippen LogP contribution in [0.25, 0.3) is 0 Å². The fraction of sp³-hybridized carbons (Fsp3) is 0.480. The first-order valence-electron chi connectivity index (χ1n) is 11.2. The third-order valence-corrected chi connectivity index (χ3v) is 5.71. The van der Waals surface area contributed by atoms with Gasteiger partial charge < -0.3 is 29.7 Å². The molecular weight excluding hydrogens is 404 g/mol. The summed E-state index contributed by atoms with van der Waals surface area (Å²) in [4.78, 5) is 6.79. The number of ether oxygens (including phenoxy) is 3. The summed E-state index contributed by atoms with van der Waals surface area (Å²) in [6.07, 6.45) is 1.14. The van der Waals surface area contributed by atoms with E-state index in [9.17, 15) is 0 Å². The molecule has 1 unspecified atom stereocenters. The highest BCUT2D eigenvalue weighted by Crippen LogP contribution is 2.31. The molecule has 0 amide bonds. The van der Waals surface area contributed by atoms with Gasteiger partial charge in [-0.05, 0) is 43.0 Å². The van der Waals surface area contributed by atoms with Gasteiger partial charge in [-0.25, -0.2) is 0 Å². The number of hydrogen-bond acceptors (Lipinski definition) is 5. The lowest BCUT2D eigenvalue weighted by atomic mass is 10.1. The number of aliphatic imine (C=N–C) groups is 1. The molecule has 0 bridgehead atoms. The molecule has 7 heteroatoms. The predicted molar refractivity (Wildman–Crippen MR) is 130 cm³/mol. The van der Waals surface area contributed by atoms with Crippen molar-refractivity contribution < 1.29 is 14.2 Å². The van der Waals surface area contributed by atoms with E-state index >= 15 is 0 Å². The number of rotatable bonds is 10. The lowest BCUT2D eigenvalue weighted by Gasteiger charge is -2.21. The first-order valence-corrected chi connectivity index (χ1v) is 11.2. The smallest absolute Gasteiger partial charge is 0.191 e. The van der Waals surface area contributed by atoms with Crippen LogP contribution < -0.4 is 25.0 Å². The minimum absolute atomic E-state index is 0.532. The highest BCUT2D eigenvalue weighted by molar-refractivity contribution is 5.79. The molecule has 2 N–H and O–H groups in total. The van der Waals surface area contributed by atoms with Crippen LogP contribution in [0.5, 0.6) is 11.5 Å². The quantitative estimate of drug-likeness (QED) is 0.336. The third-order valence-electron chi connectivity index (χ3n) is 5.71. The van der Waals surface area contributed by atoms with Crippen molar-refractivity contribution in [3.05, 3.63) is 53.6 Å². The lowest BCUT2D eigenvalue weighted by molar-refractivity contribution is 0.145. The normalized spacial score (nSPS) is 16.2.